The zero-order valence-corrected chi connectivity index (χ0v) is 11.7. The van der Waals surface area contributed by atoms with E-state index in [1.165, 1.54) is 0 Å². The van der Waals surface area contributed by atoms with Crippen LogP contribution < -0.4 is 5.73 Å². The topological polar surface area (TPSA) is 89.9 Å². The van der Waals surface area contributed by atoms with Gasteiger partial charge in [-0.3, -0.25) is 0 Å². The number of nitrogens with two attached hydrogens (primary N) is 1. The number of imidazole rings is 1. The molecule has 1 atom stereocenters. The number of hydrogen-bond donors (Lipinski definition) is 2. The van der Waals surface area contributed by atoms with E-state index in [-0.39, 0.29) is 25.9 Å². The Bertz CT molecular complexity index is 564. The van der Waals surface area contributed by atoms with Crippen molar-refractivity contribution in [2.75, 3.05) is 12.3 Å². The lowest BCUT2D eigenvalue weighted by molar-refractivity contribution is 0.191. The summed E-state index contributed by atoms with van der Waals surface area (Å²) in [6.07, 6.45) is 2.71. The zero-order valence-electron chi connectivity index (χ0n) is 11.7. The Morgan fingerprint density at radius 2 is 2.05 bits per heavy atom. The van der Waals surface area contributed by atoms with Crippen LogP contribution in [-0.4, -0.2) is 31.2 Å². The van der Waals surface area contributed by atoms with E-state index in [1.54, 1.807) is 6.33 Å². The Hall–Kier alpha value is -1.69. The predicted octanol–water partition coefficient (Wildman–Crippen LogP) is 2.01. The Labute approximate surface area is 120 Å². The third-order valence-corrected chi connectivity index (χ3v) is 3.17. The van der Waals surface area contributed by atoms with Crippen molar-refractivity contribution in [1.82, 2.24) is 19.5 Å². The summed E-state index contributed by atoms with van der Waals surface area (Å²) in [5.41, 5.74) is 7.98. The number of fused-ring (bicyclic) bond motifs is 1. The molecule has 0 aromatic carbocycles. The molecule has 2 aromatic heterocycles. The fourth-order valence-electron chi connectivity index (χ4n) is 2.39. The summed E-state index contributed by atoms with van der Waals surface area (Å²) in [6.45, 7) is 7.03. The van der Waals surface area contributed by atoms with E-state index < -0.39 is 0 Å². The lowest BCUT2D eigenvalue weighted by Crippen LogP contribution is -2.17. The van der Waals surface area contributed by atoms with Gasteiger partial charge in [-0.2, -0.15) is 4.98 Å². The Morgan fingerprint density at radius 3 is 2.65 bits per heavy atom. The predicted molar refractivity (Wildman–Crippen MR) is 81.2 cm³/mol. The standard InChI is InChI=1S/C13H21N5O.CH4/c1-8(2)4-10(6-19)5-18-7-15-11-9(3)16-13(14)17-12(11)18;/h7-8,10,19H,4-6H2,1-3H3,(H2,14,16,17);1H4/t10-;/m1./s1. The van der Waals surface area contributed by atoms with Crippen molar-refractivity contribution in [3.05, 3.63) is 12.0 Å². The normalized spacial score (nSPS) is 12.7. The van der Waals surface area contributed by atoms with Crippen molar-refractivity contribution in [1.29, 1.82) is 0 Å². The first-order valence-electron chi connectivity index (χ1n) is 6.57. The molecule has 2 rings (SSSR count). The molecule has 0 fully saturated rings. The minimum Gasteiger partial charge on any atom is -0.396 e. The SMILES string of the molecule is C.Cc1nc(N)nc2c1ncn2C[C@H](CO)CC(C)C. The van der Waals surface area contributed by atoms with Crippen molar-refractivity contribution in [3.63, 3.8) is 0 Å². The maximum absolute atomic E-state index is 9.46. The largest absolute Gasteiger partial charge is 0.396 e. The van der Waals surface area contributed by atoms with Crippen molar-refractivity contribution in [2.45, 2.75) is 41.2 Å². The van der Waals surface area contributed by atoms with Crippen molar-refractivity contribution < 1.29 is 5.11 Å². The van der Waals surface area contributed by atoms with Gasteiger partial charge in [-0.1, -0.05) is 21.3 Å². The Kier molecular flexibility index (Phi) is 5.44. The molecule has 0 amide bonds. The summed E-state index contributed by atoms with van der Waals surface area (Å²) in [7, 11) is 0. The summed E-state index contributed by atoms with van der Waals surface area (Å²) in [5, 5.41) is 9.46. The first-order chi connectivity index (χ1) is 9.01. The second-order valence-corrected chi connectivity index (χ2v) is 5.41. The maximum Gasteiger partial charge on any atom is 0.222 e. The second-order valence-electron chi connectivity index (χ2n) is 5.41. The second kappa shape index (κ2) is 6.65. The van der Waals surface area contributed by atoms with Crippen LogP contribution in [0.4, 0.5) is 5.95 Å². The minimum atomic E-state index is 0. The first kappa shape index (κ1) is 16.4. The third-order valence-electron chi connectivity index (χ3n) is 3.17. The molecule has 0 saturated carbocycles. The van der Waals surface area contributed by atoms with E-state index in [9.17, 15) is 5.11 Å². The Morgan fingerprint density at radius 1 is 1.35 bits per heavy atom. The molecule has 0 bridgehead atoms. The van der Waals surface area contributed by atoms with Gasteiger partial charge in [0.2, 0.25) is 5.95 Å². The van der Waals surface area contributed by atoms with Crippen LogP contribution in [0.25, 0.3) is 11.2 Å². The summed E-state index contributed by atoms with van der Waals surface area (Å²) in [5.74, 6) is 1.01. The smallest absolute Gasteiger partial charge is 0.222 e. The fourth-order valence-corrected chi connectivity index (χ4v) is 2.39. The van der Waals surface area contributed by atoms with Gasteiger partial charge in [0.25, 0.3) is 0 Å². The maximum atomic E-state index is 9.46. The summed E-state index contributed by atoms with van der Waals surface area (Å²) in [6, 6.07) is 0. The van der Waals surface area contributed by atoms with Crippen LogP contribution in [-0.2, 0) is 6.54 Å². The van der Waals surface area contributed by atoms with E-state index in [0.717, 1.165) is 23.3 Å². The summed E-state index contributed by atoms with van der Waals surface area (Å²) in [4.78, 5) is 12.7. The van der Waals surface area contributed by atoms with Gasteiger partial charge >= 0.3 is 0 Å². The van der Waals surface area contributed by atoms with Gasteiger partial charge in [-0.15, -0.1) is 0 Å². The molecule has 0 spiro atoms. The van der Waals surface area contributed by atoms with Crippen LogP contribution in [0.1, 0.15) is 33.4 Å². The van der Waals surface area contributed by atoms with E-state index >= 15 is 0 Å². The molecule has 2 aromatic rings. The quantitative estimate of drug-likeness (QED) is 0.873. The van der Waals surface area contributed by atoms with E-state index in [0.29, 0.717) is 12.5 Å². The van der Waals surface area contributed by atoms with Gasteiger partial charge in [0.15, 0.2) is 5.65 Å². The number of anilines is 1. The molecular weight excluding hydrogens is 254 g/mol. The molecule has 0 unspecified atom stereocenters. The van der Waals surface area contributed by atoms with E-state index in [4.69, 9.17) is 5.73 Å². The molecule has 6 heteroatoms. The van der Waals surface area contributed by atoms with Gasteiger partial charge in [-0.25, -0.2) is 9.97 Å². The fraction of sp³-hybridized carbons (Fsp3) is 0.643. The van der Waals surface area contributed by atoms with Crippen molar-refractivity contribution in [2.24, 2.45) is 11.8 Å². The average molecular weight is 279 g/mol. The van der Waals surface area contributed by atoms with Crippen LogP contribution in [0, 0.1) is 18.8 Å². The highest BCUT2D eigenvalue weighted by atomic mass is 16.3. The lowest BCUT2D eigenvalue weighted by Gasteiger charge is -2.17. The number of aliphatic hydroxyl groups is 1. The molecule has 2 heterocycles. The van der Waals surface area contributed by atoms with E-state index in [2.05, 4.69) is 28.8 Å². The molecule has 3 N–H and O–H groups in total. The van der Waals surface area contributed by atoms with Gasteiger partial charge in [0.05, 0.1) is 12.0 Å². The van der Waals surface area contributed by atoms with Gasteiger partial charge in [0.1, 0.15) is 5.52 Å². The molecule has 112 valence electrons. The molecular formula is C14H25N5O. The highest BCUT2D eigenvalue weighted by Gasteiger charge is 2.15. The number of rotatable bonds is 5. The zero-order chi connectivity index (χ0) is 14.0. The van der Waals surface area contributed by atoms with Crippen LogP contribution in [0.2, 0.25) is 0 Å². The lowest BCUT2D eigenvalue weighted by atomic mass is 9.98. The van der Waals surface area contributed by atoms with Gasteiger partial charge in [0, 0.05) is 19.1 Å². The highest BCUT2D eigenvalue weighted by Crippen LogP contribution is 2.18. The number of aliphatic hydroxyl groups excluding tert-OH is 1. The van der Waals surface area contributed by atoms with Crippen LogP contribution in [0.5, 0.6) is 0 Å². The molecule has 0 aliphatic carbocycles. The minimum absolute atomic E-state index is 0. The van der Waals surface area contributed by atoms with Crippen molar-refractivity contribution >= 4 is 17.1 Å². The molecule has 0 saturated heterocycles. The first-order valence-corrected chi connectivity index (χ1v) is 6.57. The molecule has 0 aliphatic rings. The van der Waals surface area contributed by atoms with Crippen molar-refractivity contribution in [3.8, 4) is 0 Å². The van der Waals surface area contributed by atoms with Gasteiger partial charge in [-0.05, 0) is 19.3 Å². The number of aromatic nitrogens is 4. The van der Waals surface area contributed by atoms with Crippen LogP contribution >= 0.6 is 0 Å². The summed E-state index contributed by atoms with van der Waals surface area (Å²) >= 11 is 0. The number of aryl methyl sites for hydroxylation is 1. The monoisotopic (exact) mass is 279 g/mol. The number of hydrogen-bond acceptors (Lipinski definition) is 5. The number of nitrogen functional groups attached to an aromatic ring is 1. The van der Waals surface area contributed by atoms with E-state index in [1.807, 2.05) is 11.5 Å². The molecule has 0 radical (unpaired) electrons. The third kappa shape index (κ3) is 3.45. The van der Waals surface area contributed by atoms with Crippen LogP contribution in [0.3, 0.4) is 0 Å². The summed E-state index contributed by atoms with van der Waals surface area (Å²) < 4.78 is 1.95. The molecule has 20 heavy (non-hydrogen) atoms. The molecule has 0 aliphatic heterocycles. The Balaban J connectivity index is 0.00000200. The number of nitrogens with zero attached hydrogens (tertiary/aromatic N) is 4. The van der Waals surface area contributed by atoms with Crippen LogP contribution in [0.15, 0.2) is 6.33 Å². The molecule has 6 nitrogen and oxygen atoms in total. The van der Waals surface area contributed by atoms with Gasteiger partial charge < -0.3 is 15.4 Å². The highest BCUT2D eigenvalue weighted by molar-refractivity contribution is 5.74. The average Bonchev–Trinajstić information content (AvgIpc) is 2.71.